The number of carbonyl (C=O) groups is 1. The Morgan fingerprint density at radius 2 is 2.11 bits per heavy atom. The molecule has 0 aliphatic heterocycles. The summed E-state index contributed by atoms with van der Waals surface area (Å²) < 4.78 is 21.5. The molecule has 7 nitrogen and oxygen atoms in total. The highest BCUT2D eigenvalue weighted by Crippen LogP contribution is 2.19. The zero-order valence-corrected chi connectivity index (χ0v) is 11.6. The van der Waals surface area contributed by atoms with E-state index >= 15 is 0 Å². The second-order valence-electron chi connectivity index (χ2n) is 4.22. The second-order valence-corrected chi connectivity index (χ2v) is 5.96. The number of aromatic carboxylic acids is 1. The van der Waals surface area contributed by atoms with E-state index in [-0.39, 0.29) is 11.3 Å². The number of rotatable bonds is 6. The van der Waals surface area contributed by atoms with E-state index in [4.69, 9.17) is 10.2 Å². The van der Waals surface area contributed by atoms with Crippen LogP contribution in [0, 0.1) is 13.8 Å². The first-order valence-corrected chi connectivity index (χ1v) is 7.38. The number of sulfonamides is 1. The number of anilines is 1. The van der Waals surface area contributed by atoms with Crippen molar-refractivity contribution in [3.63, 3.8) is 0 Å². The van der Waals surface area contributed by atoms with E-state index in [2.05, 4.69) is 10.3 Å². The number of carboxylic acids is 1. The fraction of sp³-hybridized carbons (Fsp3) is 0.455. The fourth-order valence-corrected chi connectivity index (χ4v) is 2.28. The highest BCUT2D eigenvalue weighted by Gasteiger charge is 2.15. The Morgan fingerprint density at radius 3 is 2.63 bits per heavy atom. The number of hydrogen-bond acceptors (Lipinski definition) is 5. The summed E-state index contributed by atoms with van der Waals surface area (Å²) in [5.41, 5.74) is 1.64. The van der Waals surface area contributed by atoms with Crippen LogP contribution in [0.3, 0.4) is 0 Å². The van der Waals surface area contributed by atoms with Crippen LogP contribution in [-0.2, 0) is 10.0 Å². The van der Waals surface area contributed by atoms with Gasteiger partial charge in [0.15, 0.2) is 0 Å². The first-order valence-electron chi connectivity index (χ1n) is 5.66. The maximum atomic E-state index is 11.1. The normalized spacial score (nSPS) is 11.3. The SMILES string of the molecule is Cc1cc(NCCCS(N)(=O)=O)c(C(=O)O)c(C)n1. The molecule has 0 atom stereocenters. The van der Waals surface area contributed by atoms with Gasteiger partial charge in [0.1, 0.15) is 5.56 Å². The molecule has 1 heterocycles. The minimum atomic E-state index is -3.49. The lowest BCUT2D eigenvalue weighted by atomic mass is 10.1. The number of nitrogens with two attached hydrogens (primary N) is 1. The molecule has 1 aromatic heterocycles. The van der Waals surface area contributed by atoms with Crippen LogP contribution in [0.15, 0.2) is 6.07 Å². The van der Waals surface area contributed by atoms with Gasteiger partial charge in [0.25, 0.3) is 0 Å². The average Bonchev–Trinajstić information content (AvgIpc) is 2.21. The lowest BCUT2D eigenvalue weighted by Crippen LogP contribution is -2.19. The summed E-state index contributed by atoms with van der Waals surface area (Å²) in [4.78, 5) is 15.2. The molecule has 0 radical (unpaired) electrons. The molecule has 0 bridgehead atoms. The Morgan fingerprint density at radius 1 is 1.47 bits per heavy atom. The van der Waals surface area contributed by atoms with Gasteiger partial charge in [0.05, 0.1) is 17.1 Å². The van der Waals surface area contributed by atoms with E-state index in [1.54, 1.807) is 19.9 Å². The standard InChI is InChI=1S/C11H17N3O4S/c1-7-6-9(10(11(15)16)8(2)14-7)13-4-3-5-19(12,17)18/h6H,3-5H2,1-2H3,(H,13,14)(H,15,16)(H2,12,17,18). The third-order valence-electron chi connectivity index (χ3n) is 2.46. The monoisotopic (exact) mass is 287 g/mol. The lowest BCUT2D eigenvalue weighted by Gasteiger charge is -2.12. The zero-order chi connectivity index (χ0) is 14.6. The summed E-state index contributed by atoms with van der Waals surface area (Å²) in [5.74, 6) is -1.22. The number of nitrogens with zero attached hydrogens (tertiary/aromatic N) is 1. The molecule has 0 aliphatic carbocycles. The predicted molar refractivity (Wildman–Crippen MR) is 71.8 cm³/mol. The van der Waals surface area contributed by atoms with Crippen LogP contribution in [0.5, 0.6) is 0 Å². The fourth-order valence-electron chi connectivity index (χ4n) is 1.73. The van der Waals surface area contributed by atoms with Crippen molar-refractivity contribution in [2.75, 3.05) is 17.6 Å². The van der Waals surface area contributed by atoms with Gasteiger partial charge in [0, 0.05) is 12.2 Å². The molecule has 0 spiro atoms. The quantitative estimate of drug-likeness (QED) is 0.654. The van der Waals surface area contributed by atoms with E-state index in [0.717, 1.165) is 0 Å². The van der Waals surface area contributed by atoms with Crippen molar-refractivity contribution in [1.82, 2.24) is 4.98 Å². The largest absolute Gasteiger partial charge is 0.478 e. The zero-order valence-electron chi connectivity index (χ0n) is 10.8. The van der Waals surface area contributed by atoms with Gasteiger partial charge in [-0.25, -0.2) is 18.4 Å². The Kier molecular flexibility index (Phi) is 4.84. The molecule has 19 heavy (non-hydrogen) atoms. The molecule has 106 valence electrons. The number of aromatic nitrogens is 1. The maximum absolute atomic E-state index is 11.1. The van der Waals surface area contributed by atoms with Gasteiger partial charge < -0.3 is 10.4 Å². The van der Waals surface area contributed by atoms with Gasteiger partial charge in [-0.05, 0) is 26.3 Å². The molecule has 0 unspecified atom stereocenters. The Balaban J connectivity index is 2.80. The first-order chi connectivity index (χ1) is 8.70. The van der Waals surface area contributed by atoms with Crippen LogP contribution in [0.2, 0.25) is 0 Å². The molecule has 4 N–H and O–H groups in total. The van der Waals surface area contributed by atoms with Gasteiger partial charge in [-0.2, -0.15) is 0 Å². The van der Waals surface area contributed by atoms with Crippen LogP contribution in [-0.4, -0.2) is 36.8 Å². The molecule has 1 aromatic rings. The second kappa shape index (κ2) is 5.98. The highest BCUT2D eigenvalue weighted by atomic mass is 32.2. The van der Waals surface area contributed by atoms with Crippen molar-refractivity contribution >= 4 is 21.7 Å². The van der Waals surface area contributed by atoms with Gasteiger partial charge in [-0.15, -0.1) is 0 Å². The summed E-state index contributed by atoms with van der Waals surface area (Å²) in [6, 6.07) is 1.62. The molecule has 1 rings (SSSR count). The Labute approximate surface area is 111 Å². The van der Waals surface area contributed by atoms with E-state index in [1.807, 2.05) is 0 Å². The number of nitrogens with one attached hydrogen (secondary N) is 1. The van der Waals surface area contributed by atoms with Crippen molar-refractivity contribution in [3.05, 3.63) is 23.0 Å². The van der Waals surface area contributed by atoms with Crippen LogP contribution >= 0.6 is 0 Å². The van der Waals surface area contributed by atoms with Crippen LogP contribution in [0.4, 0.5) is 5.69 Å². The minimum absolute atomic E-state index is 0.0983. The number of pyridine rings is 1. The predicted octanol–water partition coefficient (Wildman–Crippen LogP) is 0.487. The highest BCUT2D eigenvalue weighted by molar-refractivity contribution is 7.89. The molecular weight excluding hydrogens is 270 g/mol. The van der Waals surface area contributed by atoms with Crippen molar-refractivity contribution in [2.45, 2.75) is 20.3 Å². The van der Waals surface area contributed by atoms with Crippen LogP contribution < -0.4 is 10.5 Å². The topological polar surface area (TPSA) is 122 Å². The van der Waals surface area contributed by atoms with Gasteiger partial charge >= 0.3 is 5.97 Å². The maximum Gasteiger partial charge on any atom is 0.339 e. The average molecular weight is 287 g/mol. The van der Waals surface area contributed by atoms with Gasteiger partial charge in [-0.1, -0.05) is 0 Å². The van der Waals surface area contributed by atoms with Crippen molar-refractivity contribution < 1.29 is 18.3 Å². The van der Waals surface area contributed by atoms with Crippen molar-refractivity contribution in [1.29, 1.82) is 0 Å². The molecule has 8 heteroatoms. The summed E-state index contributed by atoms with van der Waals surface area (Å²) in [5, 5.41) is 16.9. The molecule has 0 saturated carbocycles. The first kappa shape index (κ1) is 15.4. The van der Waals surface area contributed by atoms with Crippen molar-refractivity contribution in [3.8, 4) is 0 Å². The van der Waals surface area contributed by atoms with Crippen molar-refractivity contribution in [2.24, 2.45) is 5.14 Å². The van der Waals surface area contributed by atoms with E-state index in [9.17, 15) is 13.2 Å². The lowest BCUT2D eigenvalue weighted by molar-refractivity contribution is 0.0696. The van der Waals surface area contributed by atoms with E-state index in [1.165, 1.54) is 0 Å². The van der Waals surface area contributed by atoms with Gasteiger partial charge in [0.2, 0.25) is 10.0 Å². The molecular formula is C11H17N3O4S. The number of hydrogen-bond donors (Lipinski definition) is 3. The number of carboxylic acid groups (broad SMARTS) is 1. The number of aryl methyl sites for hydroxylation is 2. The van der Waals surface area contributed by atoms with E-state index in [0.29, 0.717) is 30.0 Å². The Hall–Kier alpha value is -1.67. The molecule has 0 aliphatic rings. The molecule has 0 saturated heterocycles. The summed E-state index contributed by atoms with van der Waals surface area (Å²) in [6.07, 6.45) is 0.304. The third kappa shape index (κ3) is 4.84. The van der Waals surface area contributed by atoms with Crippen LogP contribution in [0.1, 0.15) is 28.2 Å². The summed E-state index contributed by atoms with van der Waals surface area (Å²) in [6.45, 7) is 3.69. The van der Waals surface area contributed by atoms with Gasteiger partial charge in [-0.3, -0.25) is 4.98 Å². The molecule has 0 fully saturated rings. The molecule has 0 aromatic carbocycles. The van der Waals surface area contributed by atoms with E-state index < -0.39 is 16.0 Å². The smallest absolute Gasteiger partial charge is 0.339 e. The number of primary sulfonamides is 1. The van der Waals surface area contributed by atoms with Crippen LogP contribution in [0.25, 0.3) is 0 Å². The minimum Gasteiger partial charge on any atom is -0.478 e. The summed E-state index contributed by atoms with van der Waals surface area (Å²) in [7, 11) is -3.49. The Bertz CT molecular complexity index is 584. The third-order valence-corrected chi connectivity index (χ3v) is 3.32. The summed E-state index contributed by atoms with van der Waals surface area (Å²) >= 11 is 0. The molecule has 0 amide bonds.